The minimum absolute atomic E-state index is 0.0355. The molecular weight excluding hydrogens is 414 g/mol. The number of amides is 1. The van der Waals surface area contributed by atoms with Crippen LogP contribution in [0.4, 0.5) is 22.2 Å². The van der Waals surface area contributed by atoms with Gasteiger partial charge in [-0.3, -0.25) is 4.79 Å². The van der Waals surface area contributed by atoms with Crippen LogP contribution in [0.1, 0.15) is 13.3 Å². The highest BCUT2D eigenvalue weighted by Gasteiger charge is 2.27. The third kappa shape index (κ3) is 3.68. The van der Waals surface area contributed by atoms with Crippen LogP contribution in [-0.4, -0.2) is 56.5 Å². The molecule has 0 radical (unpaired) electrons. The zero-order valence-electron chi connectivity index (χ0n) is 17.3. The van der Waals surface area contributed by atoms with Crippen LogP contribution in [0.3, 0.4) is 0 Å². The van der Waals surface area contributed by atoms with Gasteiger partial charge in [0.1, 0.15) is 5.52 Å². The quantitative estimate of drug-likeness (QED) is 0.432. The first-order valence-electron chi connectivity index (χ1n) is 10.2. The summed E-state index contributed by atoms with van der Waals surface area (Å²) in [5, 5.41) is 20.0. The van der Waals surface area contributed by atoms with E-state index in [4.69, 9.17) is 4.42 Å². The number of carbonyl (C=O) groups excluding carboxylic acids is 1. The van der Waals surface area contributed by atoms with Crippen molar-refractivity contribution in [2.45, 2.75) is 13.3 Å². The molecule has 11 nitrogen and oxygen atoms in total. The Morgan fingerprint density at radius 2 is 2.16 bits per heavy atom. The number of anilines is 3. The van der Waals surface area contributed by atoms with Gasteiger partial charge in [-0.15, -0.1) is 0 Å². The fourth-order valence-corrected chi connectivity index (χ4v) is 3.98. The first-order valence-corrected chi connectivity index (χ1v) is 10.2. The number of benzene rings is 1. The van der Waals surface area contributed by atoms with Crippen LogP contribution in [0.25, 0.3) is 22.0 Å². The van der Waals surface area contributed by atoms with Crippen molar-refractivity contribution in [3.63, 3.8) is 0 Å². The summed E-state index contributed by atoms with van der Waals surface area (Å²) in [6.07, 6.45) is 2.86. The number of furan rings is 1. The van der Waals surface area contributed by atoms with Crippen molar-refractivity contribution in [1.82, 2.24) is 25.1 Å². The second-order valence-corrected chi connectivity index (χ2v) is 7.78. The van der Waals surface area contributed by atoms with Gasteiger partial charge in [0.05, 0.1) is 18.0 Å². The lowest BCUT2D eigenvalue weighted by atomic mass is 10.1. The smallest absolute Gasteiger partial charge is 0.432 e. The molecule has 32 heavy (non-hydrogen) atoms. The number of nitrogens with one attached hydrogen (secondary N) is 2. The van der Waals surface area contributed by atoms with Crippen LogP contribution in [0.5, 0.6) is 0 Å². The predicted molar refractivity (Wildman–Crippen MR) is 117 cm³/mol. The molecule has 4 aromatic rings. The Labute approximate surface area is 182 Å². The molecule has 1 unspecified atom stereocenters. The molecule has 0 aliphatic carbocycles. The average molecular weight is 435 g/mol. The Morgan fingerprint density at radius 3 is 2.97 bits per heavy atom. The van der Waals surface area contributed by atoms with Gasteiger partial charge in [0.25, 0.3) is 0 Å². The fraction of sp³-hybridized carbons (Fsp3) is 0.286. The summed E-state index contributed by atoms with van der Waals surface area (Å²) >= 11 is 0. The molecule has 1 amide bonds. The van der Waals surface area contributed by atoms with E-state index >= 15 is 0 Å². The molecule has 164 valence electrons. The molecule has 1 aromatic carbocycles. The van der Waals surface area contributed by atoms with E-state index in [1.54, 1.807) is 24.5 Å². The number of hydrogen-bond acceptors (Lipinski definition) is 8. The van der Waals surface area contributed by atoms with Crippen LogP contribution in [-0.2, 0) is 4.79 Å². The monoisotopic (exact) mass is 435 g/mol. The lowest BCUT2D eigenvalue weighted by molar-refractivity contribution is -0.119. The summed E-state index contributed by atoms with van der Waals surface area (Å²) in [5.41, 5.74) is 2.38. The molecule has 1 saturated heterocycles. The number of carboxylic acid groups (broad SMARTS) is 1. The molecule has 0 saturated carbocycles. The van der Waals surface area contributed by atoms with Gasteiger partial charge in [-0.1, -0.05) is 0 Å². The van der Waals surface area contributed by atoms with Gasteiger partial charge in [0.15, 0.2) is 11.4 Å². The summed E-state index contributed by atoms with van der Waals surface area (Å²) in [7, 11) is 0. The number of nitrogens with zero attached hydrogens (tertiary/aromatic N) is 5. The summed E-state index contributed by atoms with van der Waals surface area (Å²) in [6.45, 7) is 3.68. The number of hydrogen-bond donors (Lipinski definition) is 3. The van der Waals surface area contributed by atoms with E-state index in [1.807, 2.05) is 6.07 Å². The van der Waals surface area contributed by atoms with Crippen molar-refractivity contribution in [2.24, 2.45) is 5.92 Å². The first kappa shape index (κ1) is 19.8. The van der Waals surface area contributed by atoms with Crippen molar-refractivity contribution in [1.29, 1.82) is 0 Å². The molecule has 3 aromatic heterocycles. The van der Waals surface area contributed by atoms with Gasteiger partial charge >= 0.3 is 6.09 Å². The number of carbonyl (C=O) groups is 2. The third-order valence-electron chi connectivity index (χ3n) is 5.52. The average Bonchev–Trinajstić information content (AvgIpc) is 3.50. The first-order chi connectivity index (χ1) is 15.5. The maximum Gasteiger partial charge on any atom is 0.432 e. The second kappa shape index (κ2) is 7.84. The van der Waals surface area contributed by atoms with Crippen molar-refractivity contribution >= 4 is 51.5 Å². The highest BCUT2D eigenvalue weighted by atomic mass is 16.4. The highest BCUT2D eigenvalue weighted by Crippen LogP contribution is 2.31. The Hall–Kier alpha value is -4.15. The van der Waals surface area contributed by atoms with E-state index in [0.29, 0.717) is 51.9 Å². The minimum Gasteiger partial charge on any atom is -0.463 e. The summed E-state index contributed by atoms with van der Waals surface area (Å²) in [5.74, 6) is 1.35. The SMILES string of the molecule is CC(=O)NCC1CCN(c2nc(Nc3ccc4cnn(C(=O)O)c4c3)nc3ccoc23)C1. The highest BCUT2D eigenvalue weighted by molar-refractivity contribution is 5.90. The normalized spacial score (nSPS) is 16.0. The van der Waals surface area contributed by atoms with E-state index in [1.165, 1.54) is 13.1 Å². The van der Waals surface area contributed by atoms with Crippen molar-refractivity contribution < 1.29 is 19.1 Å². The van der Waals surface area contributed by atoms with E-state index < -0.39 is 6.09 Å². The Balaban J connectivity index is 1.43. The Kier molecular flexibility index (Phi) is 4.85. The van der Waals surface area contributed by atoms with Crippen molar-refractivity contribution in [3.05, 3.63) is 36.7 Å². The number of rotatable bonds is 5. The van der Waals surface area contributed by atoms with E-state index in [9.17, 15) is 14.7 Å². The molecule has 0 spiro atoms. The lowest BCUT2D eigenvalue weighted by Crippen LogP contribution is -2.29. The predicted octanol–water partition coefficient (Wildman–Crippen LogP) is 2.80. The van der Waals surface area contributed by atoms with Gasteiger partial charge in [0, 0.05) is 43.7 Å². The van der Waals surface area contributed by atoms with Crippen molar-refractivity contribution in [2.75, 3.05) is 29.9 Å². The lowest BCUT2D eigenvalue weighted by Gasteiger charge is -2.18. The maximum atomic E-state index is 11.4. The molecule has 4 heterocycles. The fourth-order valence-electron chi connectivity index (χ4n) is 3.98. The number of fused-ring (bicyclic) bond motifs is 2. The topological polar surface area (TPSA) is 138 Å². The van der Waals surface area contributed by atoms with Crippen LogP contribution in [0, 0.1) is 5.92 Å². The minimum atomic E-state index is -1.15. The zero-order chi connectivity index (χ0) is 22.2. The van der Waals surface area contributed by atoms with Gasteiger partial charge in [-0.05, 0) is 30.5 Å². The van der Waals surface area contributed by atoms with Crippen LogP contribution in [0.2, 0.25) is 0 Å². The van der Waals surface area contributed by atoms with Gasteiger partial charge in [-0.2, -0.15) is 14.8 Å². The molecule has 11 heteroatoms. The Bertz CT molecular complexity index is 1330. The van der Waals surface area contributed by atoms with Crippen molar-refractivity contribution in [3.8, 4) is 0 Å². The Morgan fingerprint density at radius 1 is 1.28 bits per heavy atom. The molecule has 3 N–H and O–H groups in total. The standard InChI is InChI=1S/C21H21N7O4/c1-12(29)22-9-13-4-6-27(11-13)19-18-16(5-7-32-18)25-20(26-19)24-15-3-2-14-10-23-28(21(30)31)17(14)8-15/h2-3,5,7-8,10,13H,4,6,9,11H2,1H3,(H,22,29)(H,30,31)(H,24,25,26). The third-order valence-corrected chi connectivity index (χ3v) is 5.52. The molecule has 1 aliphatic heterocycles. The molecule has 1 aliphatic rings. The van der Waals surface area contributed by atoms with E-state index in [2.05, 4.69) is 30.6 Å². The van der Waals surface area contributed by atoms with Gasteiger partial charge in [0.2, 0.25) is 11.9 Å². The molecule has 1 fully saturated rings. The van der Waals surface area contributed by atoms with Crippen LogP contribution in [0.15, 0.2) is 41.1 Å². The maximum absolute atomic E-state index is 11.4. The molecule has 5 rings (SSSR count). The van der Waals surface area contributed by atoms with Gasteiger partial charge in [-0.25, -0.2) is 9.78 Å². The van der Waals surface area contributed by atoms with E-state index in [0.717, 1.165) is 24.2 Å². The van der Waals surface area contributed by atoms with E-state index in [-0.39, 0.29) is 5.91 Å². The summed E-state index contributed by atoms with van der Waals surface area (Å²) in [6, 6.07) is 7.07. The second-order valence-electron chi connectivity index (χ2n) is 7.78. The molecule has 1 atom stereocenters. The molecule has 0 bridgehead atoms. The number of aromatic nitrogens is 4. The summed E-state index contributed by atoms with van der Waals surface area (Å²) in [4.78, 5) is 34.0. The zero-order valence-corrected chi connectivity index (χ0v) is 17.3. The van der Waals surface area contributed by atoms with Crippen LogP contribution < -0.4 is 15.5 Å². The van der Waals surface area contributed by atoms with Gasteiger partial charge < -0.3 is 25.1 Å². The largest absolute Gasteiger partial charge is 0.463 e. The van der Waals surface area contributed by atoms with Crippen LogP contribution >= 0.6 is 0 Å². The summed E-state index contributed by atoms with van der Waals surface area (Å²) < 4.78 is 6.57. The molecular formula is C21H21N7O4.